The summed E-state index contributed by atoms with van der Waals surface area (Å²) in [7, 11) is 0. The summed E-state index contributed by atoms with van der Waals surface area (Å²) in [4.78, 5) is 12.0. The summed E-state index contributed by atoms with van der Waals surface area (Å²) in [6.07, 6.45) is 10.3. The Balaban J connectivity index is 1.38. The van der Waals surface area contributed by atoms with E-state index in [1.165, 1.54) is 19.3 Å². The number of unbranched alkanes of at least 4 members (excludes halogenated alkanes) is 1. The summed E-state index contributed by atoms with van der Waals surface area (Å²) in [5.74, 6) is 2.66. The summed E-state index contributed by atoms with van der Waals surface area (Å²) in [5.41, 5.74) is 0. The number of thioether (sulfide) groups is 1. The fourth-order valence-electron chi connectivity index (χ4n) is 3.37. The number of carbonyl (C=O) groups excluding carboxylic acids is 1. The lowest BCUT2D eigenvalue weighted by atomic mass is 9.95. The van der Waals surface area contributed by atoms with Crippen molar-refractivity contribution in [2.75, 3.05) is 5.75 Å². The molecule has 0 spiro atoms. The largest absolute Gasteiger partial charge is 0.461 e. The average molecular weight is 377 g/mol. The van der Waals surface area contributed by atoms with Gasteiger partial charge in [0.2, 0.25) is 5.91 Å². The Kier molecular flexibility index (Phi) is 7.17. The van der Waals surface area contributed by atoms with Gasteiger partial charge >= 0.3 is 0 Å². The molecule has 0 atom stereocenters. The Morgan fingerprint density at radius 1 is 1.31 bits per heavy atom. The Morgan fingerprint density at radius 2 is 2.15 bits per heavy atom. The first-order valence-corrected chi connectivity index (χ1v) is 10.7. The van der Waals surface area contributed by atoms with Gasteiger partial charge in [-0.1, -0.05) is 31.0 Å². The molecule has 0 aliphatic heterocycles. The third kappa shape index (κ3) is 5.13. The van der Waals surface area contributed by atoms with Crippen molar-refractivity contribution in [3.8, 4) is 11.6 Å². The van der Waals surface area contributed by atoms with Crippen molar-refractivity contribution in [2.24, 2.45) is 0 Å². The van der Waals surface area contributed by atoms with Crippen molar-refractivity contribution in [3.63, 3.8) is 0 Å². The topological polar surface area (TPSA) is 73.0 Å². The molecule has 0 bridgehead atoms. The summed E-state index contributed by atoms with van der Waals surface area (Å²) in [6, 6.07) is 4.17. The van der Waals surface area contributed by atoms with Crippen molar-refractivity contribution in [3.05, 3.63) is 18.4 Å². The molecule has 1 amide bonds. The van der Waals surface area contributed by atoms with Crippen molar-refractivity contribution < 1.29 is 9.21 Å². The lowest BCUT2D eigenvalue weighted by Gasteiger charge is -2.22. The zero-order chi connectivity index (χ0) is 18.2. The fourth-order valence-corrected chi connectivity index (χ4v) is 4.37. The average Bonchev–Trinajstić information content (AvgIpc) is 3.31. The molecule has 6 nitrogen and oxygen atoms in total. The number of rotatable bonds is 9. The van der Waals surface area contributed by atoms with Gasteiger partial charge in [-0.2, -0.15) is 0 Å². The van der Waals surface area contributed by atoms with Gasteiger partial charge in [-0.3, -0.25) is 9.36 Å². The third-order valence-corrected chi connectivity index (χ3v) is 5.83. The first-order valence-electron chi connectivity index (χ1n) is 9.67. The molecule has 0 aromatic carbocycles. The molecule has 2 aromatic heterocycles. The minimum absolute atomic E-state index is 0.207. The number of amides is 1. The second-order valence-electron chi connectivity index (χ2n) is 6.74. The first kappa shape index (κ1) is 19.0. The molecular formula is C19H28N4O2S. The zero-order valence-corrected chi connectivity index (χ0v) is 16.3. The Hall–Kier alpha value is -1.76. The van der Waals surface area contributed by atoms with Gasteiger partial charge in [0, 0.05) is 24.8 Å². The van der Waals surface area contributed by atoms with Gasteiger partial charge < -0.3 is 9.73 Å². The Labute approximate surface area is 159 Å². The molecule has 1 aliphatic rings. The van der Waals surface area contributed by atoms with Crippen LogP contribution in [0.2, 0.25) is 0 Å². The van der Waals surface area contributed by atoms with E-state index in [1.54, 1.807) is 18.0 Å². The van der Waals surface area contributed by atoms with Crippen molar-refractivity contribution in [2.45, 2.75) is 76.0 Å². The number of nitrogens with zero attached hydrogens (tertiary/aromatic N) is 3. The molecule has 2 heterocycles. The van der Waals surface area contributed by atoms with Crippen LogP contribution in [-0.4, -0.2) is 32.5 Å². The lowest BCUT2D eigenvalue weighted by molar-refractivity contribution is -0.122. The van der Waals surface area contributed by atoms with E-state index < -0.39 is 0 Å². The number of furan rings is 1. The number of nitrogens with one attached hydrogen (secondary N) is 1. The maximum Gasteiger partial charge on any atom is 0.220 e. The number of carbonyl (C=O) groups is 1. The first-order chi connectivity index (χ1) is 12.8. The quantitative estimate of drug-likeness (QED) is 0.523. The molecule has 0 unspecified atom stereocenters. The number of aromatic nitrogens is 3. The molecule has 1 saturated carbocycles. The van der Waals surface area contributed by atoms with E-state index in [9.17, 15) is 4.79 Å². The monoisotopic (exact) mass is 376 g/mol. The smallest absolute Gasteiger partial charge is 0.220 e. The van der Waals surface area contributed by atoms with Gasteiger partial charge in [-0.15, -0.1) is 10.2 Å². The summed E-state index contributed by atoms with van der Waals surface area (Å²) in [6.45, 7) is 2.88. The Bertz CT molecular complexity index is 678. The van der Waals surface area contributed by atoms with Crippen LogP contribution in [0.25, 0.3) is 11.6 Å². The maximum absolute atomic E-state index is 12.0. The van der Waals surface area contributed by atoms with E-state index in [2.05, 4.69) is 27.0 Å². The lowest BCUT2D eigenvalue weighted by Crippen LogP contribution is -2.35. The van der Waals surface area contributed by atoms with E-state index in [-0.39, 0.29) is 5.91 Å². The van der Waals surface area contributed by atoms with Crippen LogP contribution in [-0.2, 0) is 11.3 Å². The highest BCUT2D eigenvalue weighted by atomic mass is 32.2. The molecule has 1 fully saturated rings. The van der Waals surface area contributed by atoms with E-state index >= 15 is 0 Å². The van der Waals surface area contributed by atoms with Crippen molar-refractivity contribution in [1.29, 1.82) is 0 Å². The van der Waals surface area contributed by atoms with Gasteiger partial charge in [-0.05, 0) is 44.7 Å². The molecule has 3 rings (SSSR count). The number of hydrogen-bond acceptors (Lipinski definition) is 5. The molecule has 142 valence electrons. The minimum Gasteiger partial charge on any atom is -0.461 e. The van der Waals surface area contributed by atoms with Crippen LogP contribution in [0.4, 0.5) is 0 Å². The standard InChI is InChI=1S/C19H28N4O2S/c1-2-23-18(16-11-8-13-25-16)21-22-19(23)26-14-7-6-12-17(24)20-15-9-4-3-5-10-15/h8,11,13,15H,2-7,9-10,12,14H2,1H3,(H,20,24). The van der Waals surface area contributed by atoms with Gasteiger partial charge in [-0.25, -0.2) is 0 Å². The van der Waals surface area contributed by atoms with Crippen LogP contribution in [0.1, 0.15) is 58.3 Å². The highest BCUT2D eigenvalue weighted by Crippen LogP contribution is 2.25. The van der Waals surface area contributed by atoms with Crippen molar-refractivity contribution in [1.82, 2.24) is 20.1 Å². The van der Waals surface area contributed by atoms with Crippen LogP contribution in [0, 0.1) is 0 Å². The van der Waals surface area contributed by atoms with Crippen LogP contribution in [0.3, 0.4) is 0 Å². The van der Waals surface area contributed by atoms with E-state index in [0.29, 0.717) is 12.5 Å². The molecule has 1 N–H and O–H groups in total. The Morgan fingerprint density at radius 3 is 2.88 bits per heavy atom. The van der Waals surface area contributed by atoms with E-state index in [1.807, 2.05) is 12.1 Å². The predicted octanol–water partition coefficient (Wildman–Crippen LogP) is 4.27. The second-order valence-corrected chi connectivity index (χ2v) is 7.80. The van der Waals surface area contributed by atoms with Crippen LogP contribution >= 0.6 is 11.8 Å². The molecule has 7 heteroatoms. The molecule has 0 radical (unpaired) electrons. The van der Waals surface area contributed by atoms with Gasteiger partial charge in [0.05, 0.1) is 6.26 Å². The zero-order valence-electron chi connectivity index (χ0n) is 15.4. The van der Waals surface area contributed by atoms with Crippen LogP contribution in [0.15, 0.2) is 28.0 Å². The third-order valence-electron chi connectivity index (χ3n) is 4.77. The van der Waals surface area contributed by atoms with Crippen LogP contribution in [0.5, 0.6) is 0 Å². The SMILES string of the molecule is CCn1c(SCCCCC(=O)NC2CCCCC2)nnc1-c1ccco1. The van der Waals surface area contributed by atoms with E-state index in [4.69, 9.17) is 4.42 Å². The summed E-state index contributed by atoms with van der Waals surface area (Å²) in [5, 5.41) is 12.6. The normalized spacial score (nSPS) is 15.3. The van der Waals surface area contributed by atoms with Gasteiger partial charge in [0.25, 0.3) is 0 Å². The maximum atomic E-state index is 12.0. The van der Waals surface area contributed by atoms with Crippen molar-refractivity contribution >= 4 is 17.7 Å². The molecule has 1 aliphatic carbocycles. The molecular weight excluding hydrogens is 348 g/mol. The minimum atomic E-state index is 0.207. The summed E-state index contributed by atoms with van der Waals surface area (Å²) < 4.78 is 7.50. The molecule has 0 saturated heterocycles. The fraction of sp³-hybridized carbons (Fsp3) is 0.632. The second kappa shape index (κ2) is 9.80. The molecule has 2 aromatic rings. The van der Waals surface area contributed by atoms with E-state index in [0.717, 1.165) is 54.7 Å². The number of hydrogen-bond donors (Lipinski definition) is 1. The summed E-state index contributed by atoms with van der Waals surface area (Å²) >= 11 is 1.69. The van der Waals surface area contributed by atoms with Gasteiger partial charge in [0.1, 0.15) is 0 Å². The highest BCUT2D eigenvalue weighted by Gasteiger charge is 2.16. The highest BCUT2D eigenvalue weighted by molar-refractivity contribution is 7.99. The van der Waals surface area contributed by atoms with Gasteiger partial charge in [0.15, 0.2) is 16.7 Å². The predicted molar refractivity (Wildman–Crippen MR) is 103 cm³/mol. The van der Waals surface area contributed by atoms with Crippen LogP contribution < -0.4 is 5.32 Å². The molecule has 26 heavy (non-hydrogen) atoms.